The lowest BCUT2D eigenvalue weighted by Gasteiger charge is -2.44. The summed E-state index contributed by atoms with van der Waals surface area (Å²) in [6.07, 6.45) is 4.11. The average molecular weight is 405 g/mol. The van der Waals surface area contributed by atoms with Crippen LogP contribution in [0.4, 0.5) is 5.82 Å². The molecule has 3 N–H and O–H groups in total. The fraction of sp³-hybridized carbons (Fsp3) is 0.471. The number of nitrogens with one attached hydrogen (secondary N) is 1. The number of ether oxygens (including phenoxy) is 1. The number of amidine groups is 1. The summed E-state index contributed by atoms with van der Waals surface area (Å²) in [7, 11) is 0. The molecule has 1 fully saturated rings. The maximum atomic E-state index is 12.4. The molecule has 10 heteroatoms. The van der Waals surface area contributed by atoms with Gasteiger partial charge in [0.2, 0.25) is 0 Å². The van der Waals surface area contributed by atoms with Crippen LogP contribution in [0.25, 0.3) is 0 Å². The lowest BCUT2D eigenvalue weighted by atomic mass is 9.80. The topological polar surface area (TPSA) is 115 Å². The lowest BCUT2D eigenvalue weighted by molar-refractivity contribution is -0.0466. The highest BCUT2D eigenvalue weighted by molar-refractivity contribution is 8.13. The zero-order valence-corrected chi connectivity index (χ0v) is 16.6. The van der Waals surface area contributed by atoms with Crippen LogP contribution in [-0.4, -0.2) is 44.5 Å². The standard InChI is InChI=1S/C17H20N6O2S2/c1-9-4-20-12(5-19-9)14(24)21-13-7-26-15(22-13)17-8-25-10(2)3-11(17)6-27-16(18)23-17/h4-5,7,10-11H,3,6,8H2,1-2H3,(H2,18,23)(H,21,24)/t10-,11-,17-/m0/s1. The molecule has 27 heavy (non-hydrogen) atoms. The number of nitrogens with two attached hydrogens (primary N) is 1. The van der Waals surface area contributed by atoms with Crippen molar-refractivity contribution in [1.29, 1.82) is 0 Å². The van der Waals surface area contributed by atoms with Crippen LogP contribution in [0.1, 0.15) is 34.5 Å². The fourth-order valence-corrected chi connectivity index (χ4v) is 5.27. The summed E-state index contributed by atoms with van der Waals surface area (Å²) < 4.78 is 5.91. The number of anilines is 1. The molecule has 1 amide bonds. The predicted molar refractivity (Wildman–Crippen MR) is 106 cm³/mol. The Labute approximate surface area is 165 Å². The molecule has 0 aromatic carbocycles. The van der Waals surface area contributed by atoms with E-state index in [1.54, 1.807) is 18.0 Å². The summed E-state index contributed by atoms with van der Waals surface area (Å²) in [5.74, 6) is 1.32. The van der Waals surface area contributed by atoms with Gasteiger partial charge in [0, 0.05) is 23.2 Å². The Morgan fingerprint density at radius 3 is 3.04 bits per heavy atom. The molecular formula is C17H20N6O2S2. The van der Waals surface area contributed by atoms with E-state index in [1.165, 1.54) is 17.5 Å². The van der Waals surface area contributed by atoms with E-state index in [0.717, 1.165) is 22.9 Å². The van der Waals surface area contributed by atoms with Gasteiger partial charge in [-0.3, -0.25) is 9.78 Å². The molecular weight excluding hydrogens is 384 g/mol. The highest BCUT2D eigenvalue weighted by atomic mass is 32.2. The van der Waals surface area contributed by atoms with E-state index in [0.29, 0.717) is 23.5 Å². The van der Waals surface area contributed by atoms with E-state index < -0.39 is 5.54 Å². The molecule has 2 aromatic rings. The Morgan fingerprint density at radius 2 is 2.26 bits per heavy atom. The molecule has 0 unspecified atom stereocenters. The zero-order chi connectivity index (χ0) is 19.0. The summed E-state index contributed by atoms with van der Waals surface area (Å²) in [5.41, 5.74) is 6.46. The van der Waals surface area contributed by atoms with Gasteiger partial charge in [-0.2, -0.15) is 0 Å². The Hall–Kier alpha value is -2.04. The summed E-state index contributed by atoms with van der Waals surface area (Å²) in [6.45, 7) is 4.34. The van der Waals surface area contributed by atoms with Crippen LogP contribution < -0.4 is 11.1 Å². The molecule has 2 aliphatic heterocycles. The number of thiazole rings is 1. The van der Waals surface area contributed by atoms with Crippen molar-refractivity contribution in [3.05, 3.63) is 34.2 Å². The highest BCUT2D eigenvalue weighted by Gasteiger charge is 2.49. The average Bonchev–Trinajstić information content (AvgIpc) is 3.11. The quantitative estimate of drug-likeness (QED) is 0.805. The van der Waals surface area contributed by atoms with Gasteiger partial charge in [-0.05, 0) is 20.3 Å². The molecule has 0 aliphatic carbocycles. The minimum atomic E-state index is -0.570. The number of carbonyl (C=O) groups excluding carboxylic acids is 1. The first-order valence-corrected chi connectivity index (χ1v) is 10.5. The van der Waals surface area contributed by atoms with Crippen molar-refractivity contribution in [2.45, 2.75) is 31.9 Å². The van der Waals surface area contributed by atoms with Gasteiger partial charge in [-0.25, -0.2) is 15.0 Å². The van der Waals surface area contributed by atoms with Crippen molar-refractivity contribution in [1.82, 2.24) is 15.0 Å². The van der Waals surface area contributed by atoms with Crippen LogP contribution in [0.15, 0.2) is 22.8 Å². The minimum Gasteiger partial charge on any atom is -0.379 e. The van der Waals surface area contributed by atoms with E-state index in [2.05, 4.69) is 27.2 Å². The molecule has 8 nitrogen and oxygen atoms in total. The fourth-order valence-electron chi connectivity index (χ4n) is 3.30. The zero-order valence-electron chi connectivity index (χ0n) is 15.0. The van der Waals surface area contributed by atoms with Crippen molar-refractivity contribution in [2.24, 2.45) is 16.6 Å². The second-order valence-corrected chi connectivity index (χ2v) is 8.67. The number of thioether (sulfide) groups is 1. The number of rotatable bonds is 3. The molecule has 1 saturated heterocycles. The van der Waals surface area contributed by atoms with Crippen LogP contribution >= 0.6 is 23.1 Å². The lowest BCUT2D eigenvalue weighted by Crippen LogP contribution is -2.49. The number of carbonyl (C=O) groups is 1. The normalized spacial score (nSPS) is 27.6. The van der Waals surface area contributed by atoms with Gasteiger partial charge in [0.1, 0.15) is 22.1 Å². The van der Waals surface area contributed by atoms with Crippen molar-refractivity contribution in [3.63, 3.8) is 0 Å². The smallest absolute Gasteiger partial charge is 0.277 e. The molecule has 4 rings (SSSR count). The van der Waals surface area contributed by atoms with Gasteiger partial charge in [0.05, 0.1) is 24.6 Å². The van der Waals surface area contributed by atoms with Crippen molar-refractivity contribution < 1.29 is 9.53 Å². The number of amides is 1. The number of fused-ring (bicyclic) bond motifs is 1. The first kappa shape index (κ1) is 18.3. The number of hydrogen-bond donors (Lipinski definition) is 2. The number of hydrogen-bond acceptors (Lipinski definition) is 9. The van der Waals surface area contributed by atoms with Crippen molar-refractivity contribution in [2.75, 3.05) is 17.7 Å². The molecule has 0 radical (unpaired) electrons. The summed E-state index contributed by atoms with van der Waals surface area (Å²) >= 11 is 3.04. The van der Waals surface area contributed by atoms with E-state index in [9.17, 15) is 4.79 Å². The number of aromatic nitrogens is 3. The summed E-state index contributed by atoms with van der Waals surface area (Å²) in [6, 6.07) is 0. The number of nitrogens with zero attached hydrogens (tertiary/aromatic N) is 4. The van der Waals surface area contributed by atoms with Crippen LogP contribution in [0.3, 0.4) is 0 Å². The van der Waals surface area contributed by atoms with Gasteiger partial charge in [0.25, 0.3) is 5.91 Å². The summed E-state index contributed by atoms with van der Waals surface area (Å²) in [5, 5.41) is 5.96. The van der Waals surface area contributed by atoms with E-state index in [4.69, 9.17) is 15.5 Å². The summed E-state index contributed by atoms with van der Waals surface area (Å²) in [4.78, 5) is 29.9. The van der Waals surface area contributed by atoms with Gasteiger partial charge in [0.15, 0.2) is 5.17 Å². The largest absolute Gasteiger partial charge is 0.379 e. The third kappa shape index (κ3) is 3.56. The Kier molecular flexibility index (Phi) is 4.87. The van der Waals surface area contributed by atoms with Crippen molar-refractivity contribution in [3.8, 4) is 0 Å². The van der Waals surface area contributed by atoms with Crippen LogP contribution in [0.2, 0.25) is 0 Å². The van der Waals surface area contributed by atoms with Crippen LogP contribution in [0, 0.1) is 12.8 Å². The molecule has 0 spiro atoms. The Morgan fingerprint density at radius 1 is 1.41 bits per heavy atom. The first-order valence-electron chi connectivity index (χ1n) is 8.62. The third-order valence-corrected chi connectivity index (χ3v) is 6.72. The minimum absolute atomic E-state index is 0.192. The van der Waals surface area contributed by atoms with E-state index in [1.807, 2.05) is 12.3 Å². The third-order valence-electron chi connectivity index (χ3n) is 4.75. The van der Waals surface area contributed by atoms with E-state index in [-0.39, 0.29) is 17.7 Å². The van der Waals surface area contributed by atoms with Crippen LogP contribution in [-0.2, 0) is 10.3 Å². The molecule has 142 valence electrons. The van der Waals surface area contributed by atoms with Crippen LogP contribution in [0.5, 0.6) is 0 Å². The predicted octanol–water partition coefficient (Wildman–Crippen LogP) is 2.18. The molecule has 2 aromatic heterocycles. The second-order valence-electron chi connectivity index (χ2n) is 6.77. The molecule has 2 aliphatic rings. The van der Waals surface area contributed by atoms with E-state index >= 15 is 0 Å². The molecule has 3 atom stereocenters. The van der Waals surface area contributed by atoms with Crippen molar-refractivity contribution >= 4 is 40.0 Å². The molecule has 0 bridgehead atoms. The SMILES string of the molecule is Cc1cnc(C(=O)Nc2csc([C@]34CO[C@@H](C)C[C@H]3CSC(N)=N4)n2)cn1. The van der Waals surface area contributed by atoms with Gasteiger partial charge < -0.3 is 15.8 Å². The molecule has 0 saturated carbocycles. The second kappa shape index (κ2) is 7.17. The Bertz CT molecular complexity index is 884. The monoisotopic (exact) mass is 404 g/mol. The maximum absolute atomic E-state index is 12.4. The van der Waals surface area contributed by atoms with Gasteiger partial charge in [-0.1, -0.05) is 11.8 Å². The number of aryl methyl sites for hydroxylation is 1. The molecule has 4 heterocycles. The maximum Gasteiger partial charge on any atom is 0.277 e. The van der Waals surface area contributed by atoms with Gasteiger partial charge in [-0.15, -0.1) is 11.3 Å². The first-order chi connectivity index (χ1) is 13.0. The van der Waals surface area contributed by atoms with Gasteiger partial charge >= 0.3 is 0 Å². The highest BCUT2D eigenvalue weighted by Crippen LogP contribution is 2.46. The Balaban J connectivity index is 1.58. The number of aliphatic imine (C=N–C) groups is 1.